The molecule has 7 atom stereocenters. The number of carbonyl (C=O) groups excluding carboxylic acids is 7. The maximum atomic E-state index is 13.3. The van der Waals surface area contributed by atoms with Gasteiger partial charge in [0, 0.05) is 6.92 Å². The molecule has 17 nitrogen and oxygen atoms in total. The van der Waals surface area contributed by atoms with E-state index in [2.05, 4.69) is 26.6 Å². The van der Waals surface area contributed by atoms with Crippen LogP contribution in [0.3, 0.4) is 0 Å². The van der Waals surface area contributed by atoms with Crippen molar-refractivity contribution in [1.29, 1.82) is 0 Å². The Labute approximate surface area is 256 Å². The molecule has 0 saturated heterocycles. The molecule has 0 aromatic carbocycles. The topological polar surface area (TPSA) is 275 Å². The Kier molecular flexibility index (Phi) is 18.1. The van der Waals surface area contributed by atoms with E-state index in [1.807, 2.05) is 5.32 Å². The quantitative estimate of drug-likeness (QED) is 0.0477. The number of rotatable bonds is 20. The smallest absolute Gasteiger partial charge is 0.322 e. The molecule has 10 N–H and O–H groups in total. The lowest BCUT2D eigenvalue weighted by atomic mass is 9.96. The van der Waals surface area contributed by atoms with Gasteiger partial charge >= 0.3 is 5.97 Å². The Morgan fingerprint density at radius 1 is 0.727 bits per heavy atom. The molecular formula is C27H47N7O10. The van der Waals surface area contributed by atoms with Crippen LogP contribution in [0.5, 0.6) is 0 Å². The van der Waals surface area contributed by atoms with Gasteiger partial charge in [0.1, 0.15) is 30.7 Å². The number of carbonyl (C=O) groups is 8. The van der Waals surface area contributed by atoms with Crippen molar-refractivity contribution in [2.24, 2.45) is 11.7 Å². The van der Waals surface area contributed by atoms with Crippen molar-refractivity contribution in [3.05, 3.63) is 0 Å². The Balaban J connectivity index is 5.53. The number of hydrogen-bond donors (Lipinski definition) is 9. The molecule has 0 aromatic heterocycles. The van der Waals surface area contributed by atoms with Gasteiger partial charge < -0.3 is 47.8 Å². The lowest BCUT2D eigenvalue weighted by Gasteiger charge is -2.29. The summed E-state index contributed by atoms with van der Waals surface area (Å²) in [5, 5.41) is 32.9. The minimum Gasteiger partial charge on any atom is -0.480 e. The first-order valence-electron chi connectivity index (χ1n) is 14.4. The van der Waals surface area contributed by atoms with Gasteiger partial charge in [-0.15, -0.1) is 0 Å². The van der Waals surface area contributed by atoms with Crippen molar-refractivity contribution >= 4 is 47.2 Å². The minimum atomic E-state index is -1.56. The van der Waals surface area contributed by atoms with Crippen LogP contribution in [0.4, 0.5) is 0 Å². The van der Waals surface area contributed by atoms with Crippen LogP contribution in [0.25, 0.3) is 0 Å². The second kappa shape index (κ2) is 20.0. The third-order valence-electron chi connectivity index (χ3n) is 6.62. The van der Waals surface area contributed by atoms with Gasteiger partial charge in [0.15, 0.2) is 0 Å². The van der Waals surface area contributed by atoms with Crippen molar-refractivity contribution < 1.29 is 48.6 Å². The molecule has 0 bridgehead atoms. The van der Waals surface area contributed by atoms with Crippen molar-refractivity contribution in [2.45, 2.75) is 104 Å². The van der Waals surface area contributed by atoms with Gasteiger partial charge in [-0.3, -0.25) is 38.4 Å². The van der Waals surface area contributed by atoms with Crippen LogP contribution in [0.1, 0.15) is 67.2 Å². The van der Waals surface area contributed by atoms with E-state index in [4.69, 9.17) is 10.8 Å². The second-order valence-corrected chi connectivity index (χ2v) is 10.5. The highest BCUT2D eigenvalue weighted by Gasteiger charge is 2.34. The van der Waals surface area contributed by atoms with E-state index >= 15 is 0 Å². The summed E-state index contributed by atoms with van der Waals surface area (Å²) in [5.74, 6) is -7.82. The maximum Gasteiger partial charge on any atom is 0.322 e. The average molecular weight is 630 g/mol. The largest absolute Gasteiger partial charge is 0.480 e. The van der Waals surface area contributed by atoms with Crippen LogP contribution < -0.4 is 37.6 Å². The standard InChI is InChI=1S/C27H47N7O10/c1-7-13(2)20(33-24(41)18(32-17(6)36)10-8-9-11-28)25(42)34-21(16(5)35)26(43)31-15(4)23(40)30-14(3)22(39)27(44)29-12-19(37)38/h13-16,18,20-21,35H,7-12,28H2,1-6H3,(H,29,44)(H,30,40)(H,31,43)(H,32,36)(H,33,41)(H,34,42)(H,37,38)/t13-,14?,15-,16+,18-,20-,21-/m0/s1. The number of amides is 6. The number of hydrogen-bond acceptors (Lipinski definition) is 10. The summed E-state index contributed by atoms with van der Waals surface area (Å²) >= 11 is 0. The molecule has 250 valence electrons. The third kappa shape index (κ3) is 14.4. The molecule has 6 amide bonds. The summed E-state index contributed by atoms with van der Waals surface area (Å²) in [6.07, 6.45) is 0.468. The minimum absolute atomic E-state index is 0.285. The van der Waals surface area contributed by atoms with Crippen molar-refractivity contribution in [1.82, 2.24) is 31.9 Å². The molecule has 0 aliphatic heterocycles. The van der Waals surface area contributed by atoms with Crippen LogP contribution >= 0.6 is 0 Å². The molecule has 0 aromatic rings. The van der Waals surface area contributed by atoms with Gasteiger partial charge in [0.25, 0.3) is 5.91 Å². The normalized spacial score (nSPS) is 15.5. The highest BCUT2D eigenvalue weighted by molar-refractivity contribution is 6.38. The van der Waals surface area contributed by atoms with Gasteiger partial charge in [-0.2, -0.15) is 0 Å². The van der Waals surface area contributed by atoms with E-state index in [9.17, 15) is 43.5 Å². The Bertz CT molecular complexity index is 1050. The van der Waals surface area contributed by atoms with Gasteiger partial charge in [0.2, 0.25) is 35.3 Å². The summed E-state index contributed by atoms with van der Waals surface area (Å²) in [6, 6.07) is -6.29. The van der Waals surface area contributed by atoms with Crippen molar-refractivity contribution in [3.63, 3.8) is 0 Å². The predicted molar refractivity (Wildman–Crippen MR) is 156 cm³/mol. The number of aliphatic carboxylic acids is 1. The van der Waals surface area contributed by atoms with Crippen LogP contribution in [0.15, 0.2) is 0 Å². The molecular weight excluding hydrogens is 582 g/mol. The number of nitrogens with two attached hydrogens (primary N) is 1. The van der Waals surface area contributed by atoms with E-state index in [0.717, 1.165) is 0 Å². The Hall–Kier alpha value is -4.12. The monoisotopic (exact) mass is 629 g/mol. The van der Waals surface area contributed by atoms with Gasteiger partial charge in [0.05, 0.1) is 12.1 Å². The molecule has 44 heavy (non-hydrogen) atoms. The number of carboxylic acid groups (broad SMARTS) is 1. The first-order chi connectivity index (χ1) is 20.5. The zero-order valence-electron chi connectivity index (χ0n) is 26.0. The summed E-state index contributed by atoms with van der Waals surface area (Å²) in [6.45, 7) is 8.01. The average Bonchev–Trinajstić information content (AvgIpc) is 2.95. The van der Waals surface area contributed by atoms with Crippen LogP contribution in [0, 0.1) is 5.92 Å². The first-order valence-corrected chi connectivity index (χ1v) is 14.4. The summed E-state index contributed by atoms with van der Waals surface area (Å²) in [4.78, 5) is 97.9. The lowest BCUT2D eigenvalue weighted by molar-refractivity contribution is -0.142. The van der Waals surface area contributed by atoms with Crippen LogP contribution in [0.2, 0.25) is 0 Å². The number of nitrogens with one attached hydrogen (secondary N) is 6. The molecule has 0 heterocycles. The SMILES string of the molecule is CC[C@H](C)[C@H](NC(=O)[C@H](CCCCN)NC(C)=O)C(=O)N[C@H](C(=O)N[C@@H](C)C(=O)NC(C)C(=O)C(=O)NCC(=O)O)[C@@H](C)O. The molecule has 0 rings (SSSR count). The third-order valence-corrected chi connectivity index (χ3v) is 6.62. The predicted octanol–water partition coefficient (Wildman–Crippen LogP) is -3.20. The summed E-state index contributed by atoms with van der Waals surface area (Å²) < 4.78 is 0. The number of unbranched alkanes of at least 4 members (excludes halogenated alkanes) is 1. The van der Waals surface area contributed by atoms with E-state index in [-0.39, 0.29) is 6.42 Å². The highest BCUT2D eigenvalue weighted by atomic mass is 16.4. The summed E-state index contributed by atoms with van der Waals surface area (Å²) in [5.41, 5.74) is 5.51. The molecule has 17 heteroatoms. The Morgan fingerprint density at radius 2 is 1.27 bits per heavy atom. The fourth-order valence-electron chi connectivity index (χ4n) is 3.82. The van der Waals surface area contributed by atoms with Gasteiger partial charge in [-0.05, 0) is 52.5 Å². The first kappa shape index (κ1) is 39.9. The number of aliphatic hydroxyl groups excluding tert-OH is 1. The lowest BCUT2D eigenvalue weighted by Crippen LogP contribution is -2.61. The second-order valence-electron chi connectivity index (χ2n) is 10.5. The zero-order chi connectivity index (χ0) is 34.1. The summed E-state index contributed by atoms with van der Waals surface area (Å²) in [7, 11) is 0. The number of aliphatic hydroxyl groups is 1. The van der Waals surface area contributed by atoms with Crippen molar-refractivity contribution in [2.75, 3.05) is 13.1 Å². The number of ketones is 1. The zero-order valence-corrected chi connectivity index (χ0v) is 26.0. The van der Waals surface area contributed by atoms with E-state index in [1.54, 1.807) is 13.8 Å². The molecule has 0 saturated carbocycles. The van der Waals surface area contributed by atoms with E-state index in [0.29, 0.717) is 25.8 Å². The van der Waals surface area contributed by atoms with Gasteiger partial charge in [-0.25, -0.2) is 0 Å². The Morgan fingerprint density at radius 3 is 1.77 bits per heavy atom. The molecule has 0 aliphatic carbocycles. The van der Waals surface area contributed by atoms with E-state index in [1.165, 1.54) is 27.7 Å². The number of carboxylic acids is 1. The number of Topliss-reactive ketones (excluding diaryl/α,β-unsaturated/α-hetero) is 1. The highest BCUT2D eigenvalue weighted by Crippen LogP contribution is 2.11. The molecule has 0 aliphatic rings. The van der Waals surface area contributed by atoms with Crippen LogP contribution in [-0.4, -0.2) is 107 Å². The van der Waals surface area contributed by atoms with Crippen molar-refractivity contribution in [3.8, 4) is 0 Å². The maximum absolute atomic E-state index is 13.3. The van der Waals surface area contributed by atoms with Crippen LogP contribution in [-0.2, 0) is 38.4 Å². The molecule has 0 spiro atoms. The molecule has 0 radical (unpaired) electrons. The fourth-order valence-corrected chi connectivity index (χ4v) is 3.82. The van der Waals surface area contributed by atoms with E-state index < -0.39 is 96.0 Å². The fraction of sp³-hybridized carbons (Fsp3) is 0.704. The van der Waals surface area contributed by atoms with Gasteiger partial charge in [-0.1, -0.05) is 20.3 Å². The molecule has 1 unspecified atom stereocenters. The molecule has 0 fully saturated rings.